The third-order valence-corrected chi connectivity index (χ3v) is 4.18. The van der Waals surface area contributed by atoms with Crippen LogP contribution in [0.1, 0.15) is 28.5 Å². The first-order chi connectivity index (χ1) is 14.1. The van der Waals surface area contributed by atoms with Crippen molar-refractivity contribution in [2.75, 3.05) is 23.8 Å². The molecule has 1 aromatic heterocycles. The summed E-state index contributed by atoms with van der Waals surface area (Å²) in [6, 6.07) is 15.5. The lowest BCUT2D eigenvalue weighted by Gasteiger charge is -2.12. The van der Waals surface area contributed by atoms with E-state index >= 15 is 0 Å². The molecule has 0 radical (unpaired) electrons. The molecule has 3 aromatic rings. The van der Waals surface area contributed by atoms with E-state index in [0.717, 1.165) is 5.69 Å². The number of carbonyl (C=O) groups is 1. The van der Waals surface area contributed by atoms with Crippen LogP contribution in [-0.2, 0) is 11.2 Å². The minimum Gasteiger partial charge on any atom is -0.462 e. The quantitative estimate of drug-likeness (QED) is 0.548. The van der Waals surface area contributed by atoms with E-state index in [0.29, 0.717) is 48.2 Å². The fourth-order valence-electron chi connectivity index (χ4n) is 2.84. The van der Waals surface area contributed by atoms with Gasteiger partial charge in [-0.25, -0.2) is 14.2 Å². The Morgan fingerprint density at radius 2 is 1.86 bits per heavy atom. The molecule has 3 rings (SSSR count). The third kappa shape index (κ3) is 5.51. The van der Waals surface area contributed by atoms with Gasteiger partial charge in [0.2, 0.25) is 5.95 Å². The Bertz CT molecular complexity index is 994. The number of hydrogen-bond acceptors (Lipinski definition) is 6. The summed E-state index contributed by atoms with van der Waals surface area (Å²) in [6.07, 6.45) is 0.532. The highest BCUT2D eigenvalue weighted by Gasteiger charge is 2.13. The Morgan fingerprint density at radius 1 is 1.10 bits per heavy atom. The molecule has 1 heterocycles. The summed E-state index contributed by atoms with van der Waals surface area (Å²) in [5.41, 5.74) is 2.37. The summed E-state index contributed by atoms with van der Waals surface area (Å²) < 4.78 is 18.8. The summed E-state index contributed by atoms with van der Waals surface area (Å²) in [4.78, 5) is 21.0. The van der Waals surface area contributed by atoms with Crippen LogP contribution in [0, 0.1) is 12.7 Å². The molecule has 6 nitrogen and oxygen atoms in total. The SMILES string of the molecule is CCOC(=O)c1ccccc1Nc1nc(C)cc(NCCc2ccccc2F)n1. The van der Waals surface area contributed by atoms with E-state index in [4.69, 9.17) is 4.74 Å². The Labute approximate surface area is 169 Å². The van der Waals surface area contributed by atoms with Crippen molar-refractivity contribution in [3.8, 4) is 0 Å². The number of para-hydroxylation sites is 1. The van der Waals surface area contributed by atoms with Gasteiger partial charge >= 0.3 is 5.97 Å². The van der Waals surface area contributed by atoms with Gasteiger partial charge in [-0.3, -0.25) is 0 Å². The van der Waals surface area contributed by atoms with Crippen molar-refractivity contribution in [3.63, 3.8) is 0 Å². The monoisotopic (exact) mass is 394 g/mol. The van der Waals surface area contributed by atoms with Gasteiger partial charge in [-0.2, -0.15) is 4.98 Å². The molecule has 0 bridgehead atoms. The van der Waals surface area contributed by atoms with Crippen LogP contribution in [0.3, 0.4) is 0 Å². The summed E-state index contributed by atoms with van der Waals surface area (Å²) in [5, 5.41) is 6.28. The number of aryl methyl sites for hydroxylation is 1. The van der Waals surface area contributed by atoms with E-state index in [-0.39, 0.29) is 5.82 Å². The minimum atomic E-state index is -0.411. The molecule has 150 valence electrons. The maximum atomic E-state index is 13.7. The molecule has 0 amide bonds. The van der Waals surface area contributed by atoms with E-state index < -0.39 is 5.97 Å². The molecule has 2 N–H and O–H groups in total. The van der Waals surface area contributed by atoms with Gasteiger partial charge in [-0.05, 0) is 44.0 Å². The largest absolute Gasteiger partial charge is 0.462 e. The van der Waals surface area contributed by atoms with Crippen LogP contribution in [-0.4, -0.2) is 29.1 Å². The smallest absolute Gasteiger partial charge is 0.340 e. The molecule has 7 heteroatoms. The maximum absolute atomic E-state index is 13.7. The summed E-state index contributed by atoms with van der Waals surface area (Å²) in [7, 11) is 0. The first-order valence-corrected chi connectivity index (χ1v) is 9.43. The number of ether oxygens (including phenoxy) is 1. The zero-order chi connectivity index (χ0) is 20.6. The van der Waals surface area contributed by atoms with Gasteiger partial charge in [0.05, 0.1) is 17.9 Å². The van der Waals surface area contributed by atoms with Gasteiger partial charge in [0.15, 0.2) is 0 Å². The van der Waals surface area contributed by atoms with Gasteiger partial charge in [-0.1, -0.05) is 30.3 Å². The summed E-state index contributed by atoms with van der Waals surface area (Å²) in [6.45, 7) is 4.43. The first kappa shape index (κ1) is 20.3. The van der Waals surface area contributed by atoms with Crippen molar-refractivity contribution >= 4 is 23.4 Å². The molecule has 0 aliphatic carbocycles. The Balaban J connectivity index is 1.71. The Morgan fingerprint density at radius 3 is 2.66 bits per heavy atom. The molecule has 0 atom stereocenters. The molecule has 0 aliphatic rings. The predicted molar refractivity (Wildman–Crippen MR) is 111 cm³/mol. The summed E-state index contributed by atoms with van der Waals surface area (Å²) >= 11 is 0. The number of nitrogens with one attached hydrogen (secondary N) is 2. The van der Waals surface area contributed by atoms with Crippen LogP contribution < -0.4 is 10.6 Å². The molecule has 0 saturated carbocycles. The van der Waals surface area contributed by atoms with E-state index in [9.17, 15) is 9.18 Å². The number of hydrogen-bond donors (Lipinski definition) is 2. The number of carbonyl (C=O) groups excluding carboxylic acids is 1. The van der Waals surface area contributed by atoms with E-state index in [1.807, 2.05) is 25.1 Å². The van der Waals surface area contributed by atoms with Crippen molar-refractivity contribution in [1.82, 2.24) is 9.97 Å². The van der Waals surface area contributed by atoms with Gasteiger partial charge in [0.1, 0.15) is 11.6 Å². The average molecular weight is 394 g/mol. The van der Waals surface area contributed by atoms with Gasteiger partial charge in [0, 0.05) is 18.3 Å². The number of rotatable bonds is 8. The molecule has 0 spiro atoms. The molecule has 0 aliphatic heterocycles. The topological polar surface area (TPSA) is 76.1 Å². The second-order valence-corrected chi connectivity index (χ2v) is 6.38. The maximum Gasteiger partial charge on any atom is 0.340 e. The van der Waals surface area contributed by atoms with E-state index in [1.54, 1.807) is 37.3 Å². The van der Waals surface area contributed by atoms with Crippen LogP contribution in [0.15, 0.2) is 54.6 Å². The molecule has 0 unspecified atom stereocenters. The zero-order valence-electron chi connectivity index (χ0n) is 16.4. The zero-order valence-corrected chi connectivity index (χ0v) is 16.4. The average Bonchev–Trinajstić information content (AvgIpc) is 2.70. The molecule has 0 saturated heterocycles. The highest BCUT2D eigenvalue weighted by molar-refractivity contribution is 5.96. The number of benzene rings is 2. The first-order valence-electron chi connectivity index (χ1n) is 9.43. The van der Waals surface area contributed by atoms with Crippen molar-refractivity contribution in [2.24, 2.45) is 0 Å². The number of halogens is 1. The Hall–Kier alpha value is -3.48. The summed E-state index contributed by atoms with van der Waals surface area (Å²) in [5.74, 6) is 0.345. The van der Waals surface area contributed by atoms with Crippen LogP contribution in [0.4, 0.5) is 21.8 Å². The standard InChI is InChI=1S/C22H23FN4O2/c1-3-29-21(28)17-9-5-7-11-19(17)26-22-25-15(2)14-20(27-22)24-13-12-16-8-4-6-10-18(16)23/h4-11,14H,3,12-13H2,1-2H3,(H2,24,25,26,27). The van der Waals surface area contributed by atoms with Crippen molar-refractivity contribution in [1.29, 1.82) is 0 Å². The predicted octanol–water partition coefficient (Wildman–Crippen LogP) is 4.50. The van der Waals surface area contributed by atoms with Gasteiger partial charge < -0.3 is 15.4 Å². The second kappa shape index (κ2) is 9.64. The lowest BCUT2D eigenvalue weighted by molar-refractivity contribution is 0.0527. The van der Waals surface area contributed by atoms with Crippen LogP contribution in [0.5, 0.6) is 0 Å². The number of aromatic nitrogens is 2. The number of nitrogens with zero attached hydrogens (tertiary/aromatic N) is 2. The second-order valence-electron chi connectivity index (χ2n) is 6.38. The lowest BCUT2D eigenvalue weighted by Crippen LogP contribution is -2.11. The van der Waals surface area contributed by atoms with E-state index in [1.165, 1.54) is 6.07 Å². The van der Waals surface area contributed by atoms with Crippen LogP contribution >= 0.6 is 0 Å². The van der Waals surface area contributed by atoms with Crippen LogP contribution in [0.2, 0.25) is 0 Å². The Kier molecular flexibility index (Phi) is 6.73. The van der Waals surface area contributed by atoms with Crippen LogP contribution in [0.25, 0.3) is 0 Å². The molecular weight excluding hydrogens is 371 g/mol. The fourth-order valence-corrected chi connectivity index (χ4v) is 2.84. The number of anilines is 3. The van der Waals surface area contributed by atoms with Crippen molar-refractivity contribution < 1.29 is 13.9 Å². The molecule has 29 heavy (non-hydrogen) atoms. The lowest BCUT2D eigenvalue weighted by atomic mass is 10.1. The van der Waals surface area contributed by atoms with E-state index in [2.05, 4.69) is 20.6 Å². The third-order valence-electron chi connectivity index (χ3n) is 4.18. The minimum absolute atomic E-state index is 0.217. The van der Waals surface area contributed by atoms with Crippen molar-refractivity contribution in [3.05, 3.63) is 77.2 Å². The van der Waals surface area contributed by atoms with Gasteiger partial charge in [-0.15, -0.1) is 0 Å². The highest BCUT2D eigenvalue weighted by atomic mass is 19.1. The molecular formula is C22H23FN4O2. The highest BCUT2D eigenvalue weighted by Crippen LogP contribution is 2.21. The molecule has 0 fully saturated rings. The fraction of sp³-hybridized carbons (Fsp3) is 0.227. The number of esters is 1. The van der Waals surface area contributed by atoms with Crippen molar-refractivity contribution in [2.45, 2.75) is 20.3 Å². The normalized spacial score (nSPS) is 10.4. The molecule has 2 aromatic carbocycles. The van der Waals surface area contributed by atoms with Gasteiger partial charge in [0.25, 0.3) is 0 Å².